The molecule has 0 aromatic carbocycles. The van der Waals surface area contributed by atoms with Crippen LogP contribution in [0, 0.1) is 0 Å². The Balaban J connectivity index is 2.08. The standard InChI is InChI=1S/C12H13N3O4/c1-7(2)11-14-9(15-19-11)6-18-8-4-3-5-13-10(8)12(16)17/h3-5,7H,6H2,1-2H3,(H,16,17). The summed E-state index contributed by atoms with van der Waals surface area (Å²) in [7, 11) is 0. The lowest BCUT2D eigenvalue weighted by Crippen LogP contribution is -2.06. The molecule has 0 atom stereocenters. The molecule has 0 spiro atoms. The molecule has 0 unspecified atom stereocenters. The van der Waals surface area contributed by atoms with Crippen LogP contribution in [0.25, 0.3) is 0 Å². The molecule has 0 radical (unpaired) electrons. The van der Waals surface area contributed by atoms with E-state index in [1.54, 1.807) is 6.07 Å². The van der Waals surface area contributed by atoms with Gasteiger partial charge in [-0.3, -0.25) is 0 Å². The van der Waals surface area contributed by atoms with Gasteiger partial charge in [0.05, 0.1) is 0 Å². The summed E-state index contributed by atoms with van der Waals surface area (Å²) in [5, 5.41) is 12.7. The molecule has 100 valence electrons. The maximum absolute atomic E-state index is 10.9. The SMILES string of the molecule is CC(C)c1nc(COc2cccnc2C(=O)O)no1. The molecule has 0 saturated carbocycles. The minimum absolute atomic E-state index is 0.0300. The summed E-state index contributed by atoms with van der Waals surface area (Å²) in [6.07, 6.45) is 1.39. The molecule has 7 nitrogen and oxygen atoms in total. The average Bonchev–Trinajstić information content (AvgIpc) is 2.85. The van der Waals surface area contributed by atoms with Gasteiger partial charge < -0.3 is 14.4 Å². The van der Waals surface area contributed by atoms with Crippen molar-refractivity contribution in [3.63, 3.8) is 0 Å². The summed E-state index contributed by atoms with van der Waals surface area (Å²) < 4.78 is 10.4. The quantitative estimate of drug-likeness (QED) is 0.878. The second-order valence-electron chi connectivity index (χ2n) is 4.15. The fourth-order valence-corrected chi connectivity index (χ4v) is 1.37. The van der Waals surface area contributed by atoms with Crippen LogP contribution in [0.4, 0.5) is 0 Å². The highest BCUT2D eigenvalue weighted by molar-refractivity contribution is 5.88. The van der Waals surface area contributed by atoms with Crippen LogP contribution in [0.15, 0.2) is 22.9 Å². The minimum atomic E-state index is -1.15. The Bertz CT molecular complexity index is 580. The van der Waals surface area contributed by atoms with Crippen molar-refractivity contribution in [3.8, 4) is 5.75 Å². The van der Waals surface area contributed by atoms with Gasteiger partial charge in [-0.2, -0.15) is 4.98 Å². The number of carboxylic acid groups (broad SMARTS) is 1. The molecule has 19 heavy (non-hydrogen) atoms. The van der Waals surface area contributed by atoms with E-state index in [9.17, 15) is 4.79 Å². The lowest BCUT2D eigenvalue weighted by Gasteiger charge is -2.05. The molecule has 0 saturated heterocycles. The third-order valence-corrected chi connectivity index (χ3v) is 2.31. The Hall–Kier alpha value is -2.44. The second kappa shape index (κ2) is 5.47. The second-order valence-corrected chi connectivity index (χ2v) is 4.15. The largest absolute Gasteiger partial charge is 0.483 e. The monoisotopic (exact) mass is 263 g/mol. The van der Waals surface area contributed by atoms with Crippen LogP contribution in [-0.4, -0.2) is 26.2 Å². The summed E-state index contributed by atoms with van der Waals surface area (Å²) in [5.74, 6) is 0.0406. The van der Waals surface area contributed by atoms with Gasteiger partial charge in [-0.1, -0.05) is 19.0 Å². The normalized spacial score (nSPS) is 10.7. The van der Waals surface area contributed by atoms with Gasteiger partial charge in [-0.05, 0) is 12.1 Å². The van der Waals surface area contributed by atoms with Gasteiger partial charge in [-0.25, -0.2) is 9.78 Å². The number of hydrogen-bond donors (Lipinski definition) is 1. The molecule has 1 N–H and O–H groups in total. The first kappa shape index (κ1) is 13.0. The molecule has 0 bridgehead atoms. The zero-order valence-corrected chi connectivity index (χ0v) is 10.5. The third-order valence-electron chi connectivity index (χ3n) is 2.31. The number of carboxylic acids is 1. The smallest absolute Gasteiger partial charge is 0.358 e. The molecule has 0 amide bonds. The first-order valence-electron chi connectivity index (χ1n) is 5.71. The number of rotatable bonds is 5. The number of nitrogens with zero attached hydrogens (tertiary/aromatic N) is 3. The summed E-state index contributed by atoms with van der Waals surface area (Å²) in [6, 6.07) is 3.12. The van der Waals surface area contributed by atoms with Crippen molar-refractivity contribution < 1.29 is 19.2 Å². The van der Waals surface area contributed by atoms with Crippen LogP contribution in [0.2, 0.25) is 0 Å². The van der Waals surface area contributed by atoms with E-state index in [1.807, 2.05) is 13.8 Å². The van der Waals surface area contributed by atoms with Crippen LogP contribution < -0.4 is 4.74 Å². The Morgan fingerprint density at radius 2 is 2.32 bits per heavy atom. The van der Waals surface area contributed by atoms with Crippen molar-refractivity contribution in [1.29, 1.82) is 0 Å². The Morgan fingerprint density at radius 3 is 2.95 bits per heavy atom. The lowest BCUT2D eigenvalue weighted by molar-refractivity contribution is 0.0684. The molecule has 2 heterocycles. The molecular weight excluding hydrogens is 250 g/mol. The Labute approximate surface area is 109 Å². The predicted octanol–water partition coefficient (Wildman–Crippen LogP) is 1.87. The summed E-state index contributed by atoms with van der Waals surface area (Å²) in [5.41, 5.74) is -0.143. The molecule has 7 heteroatoms. The Morgan fingerprint density at radius 1 is 1.53 bits per heavy atom. The molecular formula is C12H13N3O4. The highest BCUT2D eigenvalue weighted by Crippen LogP contribution is 2.17. The molecule has 2 aromatic heterocycles. The Kier molecular flexibility index (Phi) is 3.74. The first-order valence-corrected chi connectivity index (χ1v) is 5.71. The van der Waals surface area contributed by atoms with Crippen LogP contribution >= 0.6 is 0 Å². The third kappa shape index (κ3) is 3.06. The molecule has 0 aliphatic carbocycles. The van der Waals surface area contributed by atoms with Gasteiger partial charge in [-0.15, -0.1) is 0 Å². The van der Waals surface area contributed by atoms with Crippen molar-refractivity contribution in [3.05, 3.63) is 35.7 Å². The van der Waals surface area contributed by atoms with E-state index < -0.39 is 5.97 Å². The van der Waals surface area contributed by atoms with Gasteiger partial charge >= 0.3 is 5.97 Å². The number of aromatic carboxylic acids is 1. The summed E-state index contributed by atoms with van der Waals surface area (Å²) >= 11 is 0. The van der Waals surface area contributed by atoms with E-state index in [0.717, 1.165) is 0 Å². The summed E-state index contributed by atoms with van der Waals surface area (Å²) in [6.45, 7) is 3.89. The van der Waals surface area contributed by atoms with Gasteiger partial charge in [0, 0.05) is 12.1 Å². The first-order chi connectivity index (χ1) is 9.08. The zero-order chi connectivity index (χ0) is 13.8. The highest BCUT2D eigenvalue weighted by atomic mass is 16.5. The average molecular weight is 263 g/mol. The van der Waals surface area contributed by atoms with Gasteiger partial charge in [0.15, 0.2) is 18.1 Å². The number of ether oxygens (including phenoxy) is 1. The van der Waals surface area contributed by atoms with E-state index >= 15 is 0 Å². The summed E-state index contributed by atoms with van der Waals surface area (Å²) in [4.78, 5) is 18.8. The van der Waals surface area contributed by atoms with Crippen molar-refractivity contribution >= 4 is 5.97 Å². The molecule has 2 aromatic rings. The van der Waals surface area contributed by atoms with Gasteiger partial charge in [0.1, 0.15) is 0 Å². The molecule has 0 aliphatic rings. The van der Waals surface area contributed by atoms with E-state index in [0.29, 0.717) is 11.7 Å². The van der Waals surface area contributed by atoms with E-state index in [-0.39, 0.29) is 24.0 Å². The number of carbonyl (C=O) groups is 1. The van der Waals surface area contributed by atoms with Crippen LogP contribution in [-0.2, 0) is 6.61 Å². The van der Waals surface area contributed by atoms with Crippen LogP contribution in [0.3, 0.4) is 0 Å². The van der Waals surface area contributed by atoms with Crippen molar-refractivity contribution in [2.45, 2.75) is 26.4 Å². The topological polar surface area (TPSA) is 98.3 Å². The fraction of sp³-hybridized carbons (Fsp3) is 0.333. The number of pyridine rings is 1. The maximum Gasteiger partial charge on any atom is 0.358 e. The zero-order valence-electron chi connectivity index (χ0n) is 10.5. The van der Waals surface area contributed by atoms with Crippen molar-refractivity contribution in [1.82, 2.24) is 15.1 Å². The molecule has 2 rings (SSSR count). The molecule has 0 fully saturated rings. The molecule has 0 aliphatic heterocycles. The predicted molar refractivity (Wildman–Crippen MR) is 63.9 cm³/mol. The van der Waals surface area contributed by atoms with E-state index in [2.05, 4.69) is 15.1 Å². The van der Waals surface area contributed by atoms with Gasteiger partial charge in [0.25, 0.3) is 0 Å². The van der Waals surface area contributed by atoms with Crippen molar-refractivity contribution in [2.24, 2.45) is 0 Å². The van der Waals surface area contributed by atoms with Crippen LogP contribution in [0.5, 0.6) is 5.75 Å². The number of hydrogen-bond acceptors (Lipinski definition) is 6. The number of aromatic nitrogens is 3. The van der Waals surface area contributed by atoms with Crippen LogP contribution in [0.1, 0.15) is 42.0 Å². The van der Waals surface area contributed by atoms with E-state index in [4.69, 9.17) is 14.4 Å². The minimum Gasteiger partial charge on any atom is -0.483 e. The van der Waals surface area contributed by atoms with Crippen molar-refractivity contribution in [2.75, 3.05) is 0 Å². The fourth-order valence-electron chi connectivity index (χ4n) is 1.37. The lowest BCUT2D eigenvalue weighted by atomic mass is 10.2. The maximum atomic E-state index is 10.9. The highest BCUT2D eigenvalue weighted by Gasteiger charge is 2.14. The van der Waals surface area contributed by atoms with Gasteiger partial charge in [0.2, 0.25) is 11.7 Å². The van der Waals surface area contributed by atoms with E-state index in [1.165, 1.54) is 12.3 Å².